The summed E-state index contributed by atoms with van der Waals surface area (Å²) in [4.78, 5) is 26.1. The Morgan fingerprint density at radius 2 is 1.59 bits per heavy atom. The number of fused-ring (bicyclic) bond motifs is 1. The molecule has 0 fully saturated rings. The van der Waals surface area contributed by atoms with E-state index in [9.17, 15) is 9.59 Å². The van der Waals surface area contributed by atoms with Gasteiger partial charge < -0.3 is 4.74 Å². The molecule has 0 spiro atoms. The highest BCUT2D eigenvalue weighted by molar-refractivity contribution is 6.30. The Kier molecular flexibility index (Phi) is 5.27. The zero-order chi connectivity index (χ0) is 20.2. The molecule has 0 saturated heterocycles. The Balaban J connectivity index is 1.66. The van der Waals surface area contributed by atoms with E-state index in [1.54, 1.807) is 60.7 Å². The van der Waals surface area contributed by atoms with Crippen molar-refractivity contribution in [2.24, 2.45) is 0 Å². The zero-order valence-corrected chi connectivity index (χ0v) is 16.0. The fraction of sp³-hybridized carbons (Fsp3) is 0.0455. The molecule has 0 unspecified atom stereocenters. The number of carbonyl (C=O) groups is 1. The number of amides is 1. The van der Waals surface area contributed by atoms with Crippen LogP contribution in [0, 0.1) is 0 Å². The highest BCUT2D eigenvalue weighted by atomic mass is 35.5. The number of carbonyl (C=O) groups excluding carboxylic acids is 1. The average molecular weight is 406 g/mol. The summed E-state index contributed by atoms with van der Waals surface area (Å²) in [5.74, 6) is 0.406. The maximum Gasteiger partial charge on any atom is 0.294 e. The maximum atomic E-state index is 12.8. The van der Waals surface area contributed by atoms with Gasteiger partial charge in [-0.25, -0.2) is 5.43 Å². The number of nitrogens with one attached hydrogen (secondary N) is 1. The number of ether oxygens (including phenoxy) is 1. The fourth-order valence-corrected chi connectivity index (χ4v) is 2.98. The summed E-state index contributed by atoms with van der Waals surface area (Å²) in [6, 6.07) is 23.0. The van der Waals surface area contributed by atoms with Crippen LogP contribution in [-0.4, -0.2) is 15.8 Å². The molecule has 144 valence electrons. The Morgan fingerprint density at radius 1 is 0.931 bits per heavy atom. The highest BCUT2D eigenvalue weighted by Gasteiger charge is 2.14. The molecule has 0 saturated carbocycles. The van der Waals surface area contributed by atoms with Gasteiger partial charge in [-0.3, -0.25) is 9.59 Å². The second kappa shape index (κ2) is 8.16. The van der Waals surface area contributed by atoms with E-state index in [0.29, 0.717) is 21.5 Å². The van der Waals surface area contributed by atoms with Crippen molar-refractivity contribution in [1.82, 2.24) is 9.89 Å². The summed E-state index contributed by atoms with van der Waals surface area (Å²) in [6.45, 7) is 0. The average Bonchev–Trinajstić information content (AvgIpc) is 2.74. The largest absolute Gasteiger partial charge is 0.437 e. The Bertz CT molecular complexity index is 1220. The number of rotatable bonds is 5. The lowest BCUT2D eigenvalue weighted by atomic mass is 10.1. The van der Waals surface area contributed by atoms with E-state index >= 15 is 0 Å². The van der Waals surface area contributed by atoms with Crippen LogP contribution in [0.25, 0.3) is 10.8 Å². The molecule has 0 radical (unpaired) electrons. The van der Waals surface area contributed by atoms with Gasteiger partial charge in [0.1, 0.15) is 5.75 Å². The van der Waals surface area contributed by atoms with Crippen LogP contribution < -0.4 is 15.7 Å². The first-order valence-corrected chi connectivity index (χ1v) is 9.27. The first-order chi connectivity index (χ1) is 14.1. The Hall–Kier alpha value is -3.64. The fourth-order valence-electron chi connectivity index (χ4n) is 2.86. The van der Waals surface area contributed by atoms with Crippen molar-refractivity contribution in [3.05, 3.63) is 99.8 Å². The molecule has 4 aromatic rings. The van der Waals surface area contributed by atoms with Crippen molar-refractivity contribution in [3.63, 3.8) is 0 Å². The van der Waals surface area contributed by atoms with Crippen LogP contribution in [0.15, 0.2) is 83.7 Å². The van der Waals surface area contributed by atoms with Crippen LogP contribution in [0.5, 0.6) is 11.6 Å². The number of hydrogen-bond donors (Lipinski definition) is 1. The van der Waals surface area contributed by atoms with Gasteiger partial charge in [-0.15, -0.1) is 9.89 Å². The van der Waals surface area contributed by atoms with Crippen LogP contribution in [0.3, 0.4) is 0 Å². The molecule has 1 amide bonds. The lowest BCUT2D eigenvalue weighted by molar-refractivity contribution is -0.116. The molecule has 7 heteroatoms. The van der Waals surface area contributed by atoms with Gasteiger partial charge in [-0.05, 0) is 42.0 Å². The predicted octanol–water partition coefficient (Wildman–Crippen LogP) is 4.16. The van der Waals surface area contributed by atoms with Crippen LogP contribution in [0.4, 0.5) is 0 Å². The number of benzene rings is 3. The van der Waals surface area contributed by atoms with Crippen molar-refractivity contribution < 1.29 is 9.53 Å². The van der Waals surface area contributed by atoms with Crippen molar-refractivity contribution in [3.8, 4) is 11.6 Å². The van der Waals surface area contributed by atoms with Gasteiger partial charge in [0.25, 0.3) is 5.56 Å². The zero-order valence-electron chi connectivity index (χ0n) is 15.2. The summed E-state index contributed by atoms with van der Waals surface area (Å²) in [5.41, 5.74) is 2.86. The van der Waals surface area contributed by atoms with Gasteiger partial charge in [0, 0.05) is 5.02 Å². The van der Waals surface area contributed by atoms with Gasteiger partial charge in [-0.1, -0.05) is 54.1 Å². The van der Waals surface area contributed by atoms with E-state index in [2.05, 4.69) is 10.5 Å². The minimum atomic E-state index is -0.439. The van der Waals surface area contributed by atoms with E-state index < -0.39 is 5.56 Å². The topological polar surface area (TPSA) is 73.2 Å². The molecule has 0 aliphatic heterocycles. The minimum absolute atomic E-state index is 0.0764. The van der Waals surface area contributed by atoms with E-state index in [1.165, 1.54) is 0 Å². The van der Waals surface area contributed by atoms with E-state index in [-0.39, 0.29) is 18.2 Å². The Labute approximate surface area is 171 Å². The number of nitrogens with zero attached hydrogens (tertiary/aromatic N) is 2. The van der Waals surface area contributed by atoms with Crippen molar-refractivity contribution in [1.29, 1.82) is 0 Å². The van der Waals surface area contributed by atoms with Crippen LogP contribution in [0.1, 0.15) is 5.56 Å². The molecule has 6 nitrogen and oxygen atoms in total. The smallest absolute Gasteiger partial charge is 0.294 e. The number of halogens is 1. The normalized spacial score (nSPS) is 10.7. The molecule has 1 N–H and O–H groups in total. The standard InChI is InChI=1S/C22H16ClN3O3/c23-16-12-10-15(11-13-16)14-20(27)24-26-22(28)19-9-5-4-8-18(19)21(25-26)29-17-6-2-1-3-7-17/h1-13H,14H2,(H,24,27). The molecule has 0 aliphatic rings. The first-order valence-electron chi connectivity index (χ1n) is 8.89. The molecule has 1 aromatic heterocycles. The third-order valence-corrected chi connectivity index (χ3v) is 4.49. The minimum Gasteiger partial charge on any atom is -0.437 e. The van der Waals surface area contributed by atoms with E-state index in [1.807, 2.05) is 18.2 Å². The summed E-state index contributed by atoms with van der Waals surface area (Å²) in [7, 11) is 0. The van der Waals surface area contributed by atoms with Gasteiger partial charge in [0.2, 0.25) is 11.8 Å². The second-order valence-corrected chi connectivity index (χ2v) is 6.76. The summed E-state index contributed by atoms with van der Waals surface area (Å²) < 4.78 is 5.86. The number of hydrogen-bond acceptors (Lipinski definition) is 4. The van der Waals surface area contributed by atoms with E-state index in [4.69, 9.17) is 16.3 Å². The molecule has 1 heterocycles. The molecule has 29 heavy (non-hydrogen) atoms. The van der Waals surface area contributed by atoms with Crippen LogP contribution in [-0.2, 0) is 11.2 Å². The molecule has 3 aromatic carbocycles. The monoisotopic (exact) mass is 405 g/mol. The first kappa shape index (κ1) is 18.7. The quantitative estimate of drug-likeness (QED) is 0.541. The maximum absolute atomic E-state index is 12.8. The number of para-hydroxylation sites is 1. The molecular formula is C22H16ClN3O3. The second-order valence-electron chi connectivity index (χ2n) is 6.32. The summed E-state index contributed by atoms with van der Waals surface area (Å²) >= 11 is 5.87. The van der Waals surface area contributed by atoms with Crippen LogP contribution >= 0.6 is 11.6 Å². The molecule has 0 bridgehead atoms. The summed E-state index contributed by atoms with van der Waals surface area (Å²) in [6.07, 6.45) is 0.0764. The van der Waals surface area contributed by atoms with Gasteiger partial charge in [0.15, 0.2) is 0 Å². The Morgan fingerprint density at radius 3 is 2.31 bits per heavy atom. The third kappa shape index (κ3) is 4.28. The number of aromatic nitrogens is 2. The van der Waals surface area contributed by atoms with Gasteiger partial charge >= 0.3 is 0 Å². The lowest BCUT2D eigenvalue weighted by Gasteiger charge is -2.12. The van der Waals surface area contributed by atoms with Crippen molar-refractivity contribution in [2.75, 3.05) is 5.43 Å². The SMILES string of the molecule is O=C(Cc1ccc(Cl)cc1)Nn1nc(Oc2ccccc2)c2ccccc2c1=O. The van der Waals surface area contributed by atoms with Crippen molar-refractivity contribution >= 4 is 28.3 Å². The summed E-state index contributed by atoms with van der Waals surface area (Å²) in [5, 5.41) is 5.76. The molecular weight excluding hydrogens is 390 g/mol. The third-order valence-electron chi connectivity index (χ3n) is 4.24. The molecule has 4 rings (SSSR count). The predicted molar refractivity (Wildman–Crippen MR) is 112 cm³/mol. The highest BCUT2D eigenvalue weighted by Crippen LogP contribution is 2.25. The molecule has 0 aliphatic carbocycles. The van der Waals surface area contributed by atoms with Crippen LogP contribution in [0.2, 0.25) is 5.02 Å². The van der Waals surface area contributed by atoms with Crippen molar-refractivity contribution in [2.45, 2.75) is 6.42 Å². The van der Waals surface area contributed by atoms with E-state index in [0.717, 1.165) is 10.4 Å². The lowest BCUT2D eigenvalue weighted by Crippen LogP contribution is -2.36. The molecule has 0 atom stereocenters. The van der Waals surface area contributed by atoms with Gasteiger partial charge in [-0.2, -0.15) is 0 Å². The van der Waals surface area contributed by atoms with Gasteiger partial charge in [0.05, 0.1) is 17.2 Å².